The molecule has 1 fully saturated rings. The van der Waals surface area contributed by atoms with Gasteiger partial charge in [0.15, 0.2) is 0 Å². The molecule has 1 aliphatic rings. The maximum absolute atomic E-state index is 13.1. The second-order valence-electron chi connectivity index (χ2n) is 8.76. The van der Waals surface area contributed by atoms with Crippen LogP contribution in [0.25, 0.3) is 11.1 Å². The third-order valence-electron chi connectivity index (χ3n) is 6.26. The summed E-state index contributed by atoms with van der Waals surface area (Å²) in [6, 6.07) is 13.0. The van der Waals surface area contributed by atoms with E-state index in [1.54, 1.807) is 48.4 Å². The van der Waals surface area contributed by atoms with Crippen molar-refractivity contribution in [3.05, 3.63) is 77.5 Å². The molecule has 1 unspecified atom stereocenters. The Balaban J connectivity index is 1.52. The molecule has 0 bridgehead atoms. The molecule has 1 saturated heterocycles. The van der Waals surface area contributed by atoms with Crippen LogP contribution in [0.3, 0.4) is 0 Å². The van der Waals surface area contributed by atoms with Crippen LogP contribution in [0.4, 0.5) is 29.5 Å². The lowest BCUT2D eigenvalue weighted by molar-refractivity contribution is -0.137. The molecular formula is C26H26F3N5O2. The molecule has 188 valence electrons. The quantitative estimate of drug-likeness (QED) is 0.536. The number of benzene rings is 2. The molecule has 0 radical (unpaired) electrons. The fourth-order valence-corrected chi connectivity index (χ4v) is 4.39. The van der Waals surface area contributed by atoms with Crippen molar-refractivity contribution < 1.29 is 22.8 Å². The van der Waals surface area contributed by atoms with Crippen molar-refractivity contribution in [3.63, 3.8) is 0 Å². The van der Waals surface area contributed by atoms with Gasteiger partial charge in [-0.15, -0.1) is 0 Å². The van der Waals surface area contributed by atoms with E-state index in [4.69, 9.17) is 5.73 Å². The summed E-state index contributed by atoms with van der Waals surface area (Å²) >= 11 is 0. The average molecular weight is 498 g/mol. The molecule has 1 aliphatic heterocycles. The van der Waals surface area contributed by atoms with Crippen molar-refractivity contribution in [1.29, 1.82) is 0 Å². The zero-order valence-electron chi connectivity index (χ0n) is 19.8. The summed E-state index contributed by atoms with van der Waals surface area (Å²) in [4.78, 5) is 32.7. The number of anilines is 2. The summed E-state index contributed by atoms with van der Waals surface area (Å²) in [5.41, 5.74) is 7.30. The van der Waals surface area contributed by atoms with Gasteiger partial charge in [0.05, 0.1) is 17.4 Å². The molecule has 2 aromatic carbocycles. The Kier molecular flexibility index (Phi) is 6.87. The summed E-state index contributed by atoms with van der Waals surface area (Å²) in [6.45, 7) is 5.37. The van der Waals surface area contributed by atoms with Crippen molar-refractivity contribution in [2.75, 3.05) is 29.9 Å². The topological polar surface area (TPSA) is 91.6 Å². The van der Waals surface area contributed by atoms with Gasteiger partial charge in [0.1, 0.15) is 5.82 Å². The number of carbonyl (C=O) groups excluding carboxylic acids is 2. The van der Waals surface area contributed by atoms with Gasteiger partial charge in [-0.2, -0.15) is 13.2 Å². The third-order valence-corrected chi connectivity index (χ3v) is 6.26. The van der Waals surface area contributed by atoms with Gasteiger partial charge >= 0.3 is 12.2 Å². The SMILES string of the molecule is Cc1cccc(C(=O)Nc2ccc(N3CCN(C(N)=O)CC3C)nc2)c1-c1ccc(C(F)(F)F)cc1. The van der Waals surface area contributed by atoms with Gasteiger partial charge < -0.3 is 20.9 Å². The van der Waals surface area contributed by atoms with E-state index in [-0.39, 0.29) is 6.04 Å². The van der Waals surface area contributed by atoms with Gasteiger partial charge in [0.2, 0.25) is 0 Å². The summed E-state index contributed by atoms with van der Waals surface area (Å²) in [5, 5.41) is 2.83. The first-order valence-electron chi connectivity index (χ1n) is 11.4. The Labute approximate surface area is 206 Å². The zero-order chi connectivity index (χ0) is 26.0. The van der Waals surface area contributed by atoms with Crippen LogP contribution < -0.4 is 16.0 Å². The van der Waals surface area contributed by atoms with E-state index in [0.717, 1.165) is 17.7 Å². The molecule has 3 aromatic rings. The minimum absolute atomic E-state index is 0.0257. The summed E-state index contributed by atoms with van der Waals surface area (Å²) in [5.74, 6) is 0.317. The number of halogens is 3. The predicted molar refractivity (Wildman–Crippen MR) is 132 cm³/mol. The normalized spacial score (nSPS) is 16.1. The van der Waals surface area contributed by atoms with E-state index >= 15 is 0 Å². The highest BCUT2D eigenvalue weighted by molar-refractivity contribution is 6.09. The van der Waals surface area contributed by atoms with E-state index < -0.39 is 23.7 Å². The molecule has 2 heterocycles. The van der Waals surface area contributed by atoms with Crippen molar-refractivity contribution in [1.82, 2.24) is 9.88 Å². The Morgan fingerprint density at radius 2 is 1.78 bits per heavy atom. The Morgan fingerprint density at radius 1 is 1.06 bits per heavy atom. The van der Waals surface area contributed by atoms with Crippen LogP contribution in [0.2, 0.25) is 0 Å². The number of urea groups is 1. The van der Waals surface area contributed by atoms with Crippen LogP contribution in [0, 0.1) is 6.92 Å². The number of hydrogen-bond acceptors (Lipinski definition) is 4. The van der Waals surface area contributed by atoms with E-state index in [1.165, 1.54) is 12.1 Å². The molecule has 0 aliphatic carbocycles. The number of aryl methyl sites for hydroxylation is 1. The maximum atomic E-state index is 13.1. The number of alkyl halides is 3. The molecule has 4 rings (SSSR count). The molecule has 3 N–H and O–H groups in total. The van der Waals surface area contributed by atoms with Crippen LogP contribution in [0.5, 0.6) is 0 Å². The van der Waals surface area contributed by atoms with Crippen molar-refractivity contribution >= 4 is 23.4 Å². The van der Waals surface area contributed by atoms with Gasteiger partial charge in [-0.05, 0) is 60.9 Å². The first kappa shape index (κ1) is 25.0. The number of hydrogen-bond donors (Lipinski definition) is 2. The number of carbonyl (C=O) groups is 2. The number of piperazine rings is 1. The molecule has 3 amide bonds. The van der Waals surface area contributed by atoms with Crippen LogP contribution in [-0.4, -0.2) is 47.5 Å². The van der Waals surface area contributed by atoms with Crippen LogP contribution >= 0.6 is 0 Å². The van der Waals surface area contributed by atoms with E-state index in [2.05, 4.69) is 15.2 Å². The van der Waals surface area contributed by atoms with Crippen molar-refractivity contribution in [2.45, 2.75) is 26.1 Å². The standard InChI is InChI=1S/C26H26F3N5O2/c1-16-4-3-5-21(23(16)18-6-8-19(9-7-18)26(27,28)29)24(35)32-20-10-11-22(31-14-20)34-13-12-33(25(30)36)15-17(34)2/h3-11,14,17H,12-13,15H2,1-2H3,(H2,30,36)(H,32,35). The molecule has 36 heavy (non-hydrogen) atoms. The number of amides is 3. The maximum Gasteiger partial charge on any atom is 0.416 e. The Bertz CT molecular complexity index is 1260. The fourth-order valence-electron chi connectivity index (χ4n) is 4.39. The van der Waals surface area contributed by atoms with Crippen LogP contribution in [0.1, 0.15) is 28.4 Å². The van der Waals surface area contributed by atoms with Gasteiger partial charge in [0.25, 0.3) is 5.91 Å². The average Bonchev–Trinajstić information content (AvgIpc) is 2.84. The lowest BCUT2D eigenvalue weighted by Crippen LogP contribution is -2.55. The summed E-state index contributed by atoms with van der Waals surface area (Å²) < 4.78 is 38.9. The largest absolute Gasteiger partial charge is 0.416 e. The number of pyridine rings is 1. The van der Waals surface area contributed by atoms with Crippen LogP contribution in [0.15, 0.2) is 60.8 Å². The van der Waals surface area contributed by atoms with Gasteiger partial charge in [-0.1, -0.05) is 24.3 Å². The van der Waals surface area contributed by atoms with E-state index in [9.17, 15) is 22.8 Å². The van der Waals surface area contributed by atoms with Gasteiger partial charge in [-0.25, -0.2) is 9.78 Å². The zero-order valence-corrected chi connectivity index (χ0v) is 19.8. The highest BCUT2D eigenvalue weighted by Crippen LogP contribution is 2.33. The molecule has 1 atom stereocenters. The molecule has 0 saturated carbocycles. The molecular weight excluding hydrogens is 471 g/mol. The smallest absolute Gasteiger partial charge is 0.351 e. The Morgan fingerprint density at radius 3 is 2.36 bits per heavy atom. The molecule has 10 heteroatoms. The molecule has 1 aromatic heterocycles. The molecule has 7 nitrogen and oxygen atoms in total. The second kappa shape index (κ2) is 9.88. The van der Waals surface area contributed by atoms with Crippen molar-refractivity contribution in [2.24, 2.45) is 5.73 Å². The first-order valence-corrected chi connectivity index (χ1v) is 11.4. The fraction of sp³-hybridized carbons (Fsp3) is 0.269. The molecule has 0 spiro atoms. The number of primary amides is 1. The highest BCUT2D eigenvalue weighted by Gasteiger charge is 2.30. The number of nitrogens with two attached hydrogens (primary N) is 1. The van der Waals surface area contributed by atoms with E-state index in [1.807, 2.05) is 6.92 Å². The van der Waals surface area contributed by atoms with Gasteiger partial charge in [0, 0.05) is 31.2 Å². The summed E-state index contributed by atoms with van der Waals surface area (Å²) in [7, 11) is 0. The minimum Gasteiger partial charge on any atom is -0.351 e. The monoisotopic (exact) mass is 497 g/mol. The lowest BCUT2D eigenvalue weighted by Gasteiger charge is -2.39. The minimum atomic E-state index is -4.43. The number of nitrogens with one attached hydrogen (secondary N) is 1. The number of rotatable bonds is 4. The van der Waals surface area contributed by atoms with Gasteiger partial charge in [-0.3, -0.25) is 4.79 Å². The number of nitrogens with zero attached hydrogens (tertiary/aromatic N) is 3. The van der Waals surface area contributed by atoms with Crippen LogP contribution in [-0.2, 0) is 6.18 Å². The first-order chi connectivity index (χ1) is 17.0. The third kappa shape index (κ3) is 5.27. The predicted octanol–water partition coefficient (Wildman–Crippen LogP) is 4.92. The second-order valence-corrected chi connectivity index (χ2v) is 8.76. The van der Waals surface area contributed by atoms with E-state index in [0.29, 0.717) is 47.8 Å². The summed E-state index contributed by atoms with van der Waals surface area (Å²) in [6.07, 6.45) is -2.88. The Hall–Kier alpha value is -4.08. The number of aromatic nitrogens is 1. The lowest BCUT2D eigenvalue weighted by atomic mass is 9.94. The highest BCUT2D eigenvalue weighted by atomic mass is 19.4. The van der Waals surface area contributed by atoms with Crippen molar-refractivity contribution in [3.8, 4) is 11.1 Å².